The van der Waals surface area contributed by atoms with Crippen LogP contribution < -0.4 is 10.6 Å². The minimum atomic E-state index is -1.24. The molecule has 9 heteroatoms. The maximum atomic E-state index is 14.6. The fourth-order valence-electron chi connectivity index (χ4n) is 7.59. The summed E-state index contributed by atoms with van der Waals surface area (Å²) in [6.45, 7) is 7.51. The molecule has 2 amide bonds. The zero-order valence-corrected chi connectivity index (χ0v) is 33.2. The monoisotopic (exact) mass is 782 g/mol. The standard InChI is InChI=1S/C48H50N2O6S/c1-4-29-55-44(52)30-43(51)45(33(3)5-2)50-46(53)42(49-47(54)56-31-41-39-27-17-15-25-37(39)38-26-16-18-28-40(38)41)32-57-48(34-19-9-6-10-20-34,35-21-11-7-12-22-35)36-23-13-8-14-24-36/h4,6-28,33,41-43,45,51H,1,5,29-32H2,2-3H3,(H,49,54)(H,50,53)/t33-,42-,43-,45+/m0/s1. The SMILES string of the molecule is C=CCOC(=O)C[C@H](O)[C@H](NC(=O)[C@H](CSC(c1ccccc1)(c1ccccc1)c1ccccc1)NC(=O)OCC1c2ccccc2-c2ccccc21)[C@@H](C)CC. The number of aliphatic hydroxyl groups is 1. The Labute approximate surface area is 339 Å². The highest BCUT2D eigenvalue weighted by molar-refractivity contribution is 8.00. The summed E-state index contributed by atoms with van der Waals surface area (Å²) >= 11 is 1.52. The van der Waals surface area contributed by atoms with Crippen LogP contribution in [-0.2, 0) is 23.8 Å². The molecule has 3 N–H and O–H groups in total. The van der Waals surface area contributed by atoms with Gasteiger partial charge in [0.05, 0.1) is 23.3 Å². The van der Waals surface area contributed by atoms with Crippen molar-refractivity contribution in [2.24, 2.45) is 5.92 Å². The van der Waals surface area contributed by atoms with Gasteiger partial charge in [-0.1, -0.05) is 172 Å². The summed E-state index contributed by atoms with van der Waals surface area (Å²) in [6, 6.07) is 44.6. The number of carbonyl (C=O) groups excluding carboxylic acids is 3. The first-order chi connectivity index (χ1) is 27.8. The number of nitrogens with one attached hydrogen (secondary N) is 2. The summed E-state index contributed by atoms with van der Waals surface area (Å²) in [5, 5.41) is 17.2. The quantitative estimate of drug-likeness (QED) is 0.0464. The zero-order chi connectivity index (χ0) is 40.2. The Morgan fingerprint density at radius 3 is 1.74 bits per heavy atom. The molecule has 0 heterocycles. The van der Waals surface area contributed by atoms with Gasteiger partial charge in [-0.25, -0.2) is 4.79 Å². The lowest BCUT2D eigenvalue weighted by Gasteiger charge is -2.37. The molecule has 0 radical (unpaired) electrons. The molecule has 0 aliphatic heterocycles. The molecule has 1 aliphatic carbocycles. The molecular weight excluding hydrogens is 733 g/mol. The molecule has 0 unspecified atom stereocenters. The number of benzene rings is 5. The van der Waals surface area contributed by atoms with Crippen LogP contribution in [0.25, 0.3) is 11.1 Å². The number of fused-ring (bicyclic) bond motifs is 3. The van der Waals surface area contributed by atoms with E-state index in [-0.39, 0.29) is 37.2 Å². The van der Waals surface area contributed by atoms with Gasteiger partial charge in [-0.05, 0) is 44.9 Å². The topological polar surface area (TPSA) is 114 Å². The summed E-state index contributed by atoms with van der Waals surface area (Å²) in [4.78, 5) is 41.0. The van der Waals surface area contributed by atoms with Gasteiger partial charge in [-0.3, -0.25) is 9.59 Å². The predicted octanol–water partition coefficient (Wildman–Crippen LogP) is 8.63. The number of thioether (sulfide) groups is 1. The van der Waals surface area contributed by atoms with Gasteiger partial charge in [0.25, 0.3) is 0 Å². The largest absolute Gasteiger partial charge is 0.461 e. The molecule has 0 aromatic heterocycles. The van der Waals surface area contributed by atoms with Gasteiger partial charge in [0, 0.05) is 11.7 Å². The van der Waals surface area contributed by atoms with Crippen molar-refractivity contribution in [3.8, 4) is 11.1 Å². The highest BCUT2D eigenvalue weighted by Gasteiger charge is 2.40. The molecule has 5 aromatic rings. The number of aliphatic hydroxyl groups excluding tert-OH is 1. The van der Waals surface area contributed by atoms with Gasteiger partial charge in [-0.15, -0.1) is 11.8 Å². The van der Waals surface area contributed by atoms with E-state index >= 15 is 0 Å². The highest BCUT2D eigenvalue weighted by atomic mass is 32.2. The van der Waals surface area contributed by atoms with Crippen molar-refractivity contribution in [1.29, 1.82) is 0 Å². The van der Waals surface area contributed by atoms with Crippen LogP contribution >= 0.6 is 11.8 Å². The summed E-state index contributed by atoms with van der Waals surface area (Å²) in [7, 11) is 0. The lowest BCUT2D eigenvalue weighted by Crippen LogP contribution is -2.56. The Balaban J connectivity index is 1.31. The number of rotatable bonds is 18. The van der Waals surface area contributed by atoms with Crippen LogP contribution in [0.15, 0.2) is 152 Å². The van der Waals surface area contributed by atoms with E-state index < -0.39 is 40.9 Å². The molecule has 0 saturated carbocycles. The lowest BCUT2D eigenvalue weighted by atomic mass is 9.84. The number of alkyl carbamates (subject to hydrolysis) is 1. The van der Waals surface area contributed by atoms with E-state index in [9.17, 15) is 19.5 Å². The van der Waals surface area contributed by atoms with Crippen molar-refractivity contribution in [3.63, 3.8) is 0 Å². The van der Waals surface area contributed by atoms with Crippen LogP contribution in [0.1, 0.15) is 60.4 Å². The van der Waals surface area contributed by atoms with E-state index in [1.807, 2.05) is 92.7 Å². The van der Waals surface area contributed by atoms with E-state index in [2.05, 4.69) is 77.9 Å². The minimum absolute atomic E-state index is 0.0151. The number of hydrogen-bond donors (Lipinski definition) is 3. The molecule has 294 valence electrons. The van der Waals surface area contributed by atoms with Crippen LogP contribution in [0.4, 0.5) is 4.79 Å². The average Bonchev–Trinajstić information content (AvgIpc) is 3.57. The average molecular weight is 783 g/mol. The fraction of sp³-hybridized carbons (Fsp3) is 0.271. The second-order valence-corrected chi connectivity index (χ2v) is 15.5. The number of amides is 2. The third-order valence-electron chi connectivity index (χ3n) is 10.7. The van der Waals surface area contributed by atoms with Crippen molar-refractivity contribution in [2.45, 2.75) is 55.5 Å². The first-order valence-electron chi connectivity index (χ1n) is 19.4. The first-order valence-corrected chi connectivity index (χ1v) is 20.4. The molecule has 0 bridgehead atoms. The maximum Gasteiger partial charge on any atom is 0.407 e. The third kappa shape index (κ3) is 9.50. The van der Waals surface area contributed by atoms with E-state index in [0.717, 1.165) is 38.9 Å². The van der Waals surface area contributed by atoms with Gasteiger partial charge >= 0.3 is 12.1 Å². The molecule has 57 heavy (non-hydrogen) atoms. The fourth-order valence-corrected chi connectivity index (χ4v) is 9.15. The zero-order valence-electron chi connectivity index (χ0n) is 32.4. The minimum Gasteiger partial charge on any atom is -0.461 e. The molecule has 0 fully saturated rings. The van der Waals surface area contributed by atoms with Crippen molar-refractivity contribution < 1.29 is 29.0 Å². The van der Waals surface area contributed by atoms with Crippen LogP contribution in [-0.4, -0.2) is 60.2 Å². The van der Waals surface area contributed by atoms with Crippen LogP contribution in [0.5, 0.6) is 0 Å². The molecule has 4 atom stereocenters. The summed E-state index contributed by atoms with van der Waals surface area (Å²) < 4.78 is 10.3. The summed E-state index contributed by atoms with van der Waals surface area (Å²) in [5.74, 6) is -1.37. The Kier molecular flexibility index (Phi) is 14.0. The molecular formula is C48H50N2O6S. The lowest BCUT2D eigenvalue weighted by molar-refractivity contribution is -0.145. The summed E-state index contributed by atoms with van der Waals surface area (Å²) in [5.41, 5.74) is 7.37. The molecule has 6 rings (SSSR count). The Morgan fingerprint density at radius 1 is 0.754 bits per heavy atom. The van der Waals surface area contributed by atoms with E-state index in [0.29, 0.717) is 6.42 Å². The Morgan fingerprint density at radius 2 is 1.25 bits per heavy atom. The van der Waals surface area contributed by atoms with Crippen LogP contribution in [0, 0.1) is 5.92 Å². The smallest absolute Gasteiger partial charge is 0.407 e. The maximum absolute atomic E-state index is 14.6. The molecule has 8 nitrogen and oxygen atoms in total. The van der Waals surface area contributed by atoms with Crippen LogP contribution in [0.3, 0.4) is 0 Å². The predicted molar refractivity (Wildman–Crippen MR) is 227 cm³/mol. The van der Waals surface area contributed by atoms with Gasteiger partial charge in [0.1, 0.15) is 19.3 Å². The van der Waals surface area contributed by atoms with E-state index in [1.165, 1.54) is 17.8 Å². The third-order valence-corrected chi connectivity index (χ3v) is 12.3. The Hall–Kier alpha value is -5.64. The second kappa shape index (κ2) is 19.5. The van der Waals surface area contributed by atoms with Gasteiger partial charge in [-0.2, -0.15) is 0 Å². The van der Waals surface area contributed by atoms with Gasteiger partial charge < -0.3 is 25.2 Å². The van der Waals surface area contributed by atoms with E-state index in [4.69, 9.17) is 9.47 Å². The van der Waals surface area contributed by atoms with Crippen molar-refractivity contribution in [3.05, 3.63) is 180 Å². The molecule has 1 aliphatic rings. The number of esters is 1. The second-order valence-electron chi connectivity index (χ2n) is 14.3. The normalized spacial score (nSPS) is 14.2. The number of ether oxygens (including phenoxy) is 2. The highest BCUT2D eigenvalue weighted by Crippen LogP contribution is 2.49. The van der Waals surface area contributed by atoms with Crippen molar-refractivity contribution >= 4 is 29.7 Å². The number of hydrogen-bond acceptors (Lipinski definition) is 7. The molecule has 0 saturated heterocycles. The van der Waals surface area contributed by atoms with Crippen molar-refractivity contribution in [1.82, 2.24) is 10.6 Å². The van der Waals surface area contributed by atoms with Gasteiger partial charge in [0.2, 0.25) is 5.91 Å². The number of carbonyl (C=O) groups is 3. The van der Waals surface area contributed by atoms with Crippen molar-refractivity contribution in [2.75, 3.05) is 19.0 Å². The molecule has 5 aromatic carbocycles. The van der Waals surface area contributed by atoms with Crippen LogP contribution in [0.2, 0.25) is 0 Å². The van der Waals surface area contributed by atoms with Gasteiger partial charge in [0.15, 0.2) is 0 Å². The Bertz CT molecular complexity index is 1970. The summed E-state index contributed by atoms with van der Waals surface area (Å²) in [6.07, 6.45) is -0.226. The first kappa shape index (κ1) is 41.0. The van der Waals surface area contributed by atoms with E-state index in [1.54, 1.807) is 0 Å². The molecule has 0 spiro atoms.